The van der Waals surface area contributed by atoms with E-state index in [4.69, 9.17) is 0 Å². The van der Waals surface area contributed by atoms with E-state index in [-0.39, 0.29) is 18.2 Å². The summed E-state index contributed by atoms with van der Waals surface area (Å²) in [7, 11) is 0. The molecule has 1 aromatic heterocycles. The normalized spacial score (nSPS) is 16.0. The Balaban J connectivity index is 1.34. The lowest BCUT2D eigenvalue weighted by atomic mass is 10.1. The highest BCUT2D eigenvalue weighted by molar-refractivity contribution is 6.10. The molecule has 1 aliphatic heterocycles. The molecule has 1 aliphatic rings. The van der Waals surface area contributed by atoms with Crippen LogP contribution in [0.4, 0.5) is 5.69 Å². The van der Waals surface area contributed by atoms with Crippen LogP contribution in [-0.4, -0.2) is 34.9 Å². The van der Waals surface area contributed by atoms with Crippen LogP contribution in [0.1, 0.15) is 22.3 Å². The number of carbonyl (C=O) groups is 3. The second kappa shape index (κ2) is 7.79. The molecule has 0 saturated heterocycles. The molecule has 29 heavy (non-hydrogen) atoms. The minimum Gasteiger partial charge on any atom is -0.354 e. The SMILES string of the molecule is Cc1ccc2c(ccn2CCNC(=O)CC2NC(=O)c3ccccc3NC2=O)c1. The number of carbonyl (C=O) groups excluding carboxylic acids is 3. The van der Waals surface area contributed by atoms with E-state index in [1.54, 1.807) is 24.3 Å². The molecule has 7 heteroatoms. The summed E-state index contributed by atoms with van der Waals surface area (Å²) in [5, 5.41) is 9.33. The first-order chi connectivity index (χ1) is 14.0. The molecular weight excluding hydrogens is 368 g/mol. The minimum absolute atomic E-state index is 0.114. The number of amides is 3. The molecule has 3 aromatic rings. The van der Waals surface area contributed by atoms with Crippen LogP contribution in [0.2, 0.25) is 0 Å². The highest BCUT2D eigenvalue weighted by Gasteiger charge is 2.29. The zero-order valence-electron chi connectivity index (χ0n) is 16.1. The standard InChI is InChI=1S/C22H22N4O3/c1-14-6-7-19-15(12-14)8-10-26(19)11-9-23-20(27)13-18-22(29)24-17-5-3-2-4-16(17)21(28)25-18/h2-8,10,12,18H,9,11,13H2,1H3,(H,23,27)(H,24,29)(H,25,28). The molecule has 1 atom stereocenters. The van der Waals surface area contributed by atoms with Crippen LogP contribution in [0.5, 0.6) is 0 Å². The van der Waals surface area contributed by atoms with Gasteiger partial charge in [-0.2, -0.15) is 0 Å². The van der Waals surface area contributed by atoms with Crippen molar-refractivity contribution in [2.45, 2.75) is 25.9 Å². The average molecular weight is 390 g/mol. The third kappa shape index (κ3) is 3.99. The Morgan fingerprint density at radius 3 is 2.83 bits per heavy atom. The summed E-state index contributed by atoms with van der Waals surface area (Å²) in [6, 6.07) is 14.1. The van der Waals surface area contributed by atoms with Gasteiger partial charge in [-0.25, -0.2) is 0 Å². The Hall–Kier alpha value is -3.61. The Bertz CT molecular complexity index is 1100. The molecule has 0 radical (unpaired) electrons. The van der Waals surface area contributed by atoms with Crippen LogP contribution in [0, 0.1) is 6.92 Å². The number of aromatic nitrogens is 1. The van der Waals surface area contributed by atoms with Gasteiger partial charge in [0.1, 0.15) is 6.04 Å². The van der Waals surface area contributed by atoms with Crippen LogP contribution in [-0.2, 0) is 16.1 Å². The molecule has 7 nitrogen and oxygen atoms in total. The van der Waals surface area contributed by atoms with Gasteiger partial charge in [0.15, 0.2) is 0 Å². The molecule has 0 spiro atoms. The molecule has 2 aromatic carbocycles. The van der Waals surface area contributed by atoms with E-state index in [2.05, 4.69) is 45.6 Å². The van der Waals surface area contributed by atoms with Gasteiger partial charge in [0.05, 0.1) is 17.7 Å². The largest absolute Gasteiger partial charge is 0.354 e. The maximum atomic E-state index is 12.4. The zero-order chi connectivity index (χ0) is 20.4. The van der Waals surface area contributed by atoms with Crippen molar-refractivity contribution in [2.24, 2.45) is 0 Å². The van der Waals surface area contributed by atoms with Gasteiger partial charge in [0, 0.05) is 24.8 Å². The summed E-state index contributed by atoms with van der Waals surface area (Å²) in [5.41, 5.74) is 3.15. The van der Waals surface area contributed by atoms with Crippen molar-refractivity contribution in [1.29, 1.82) is 0 Å². The van der Waals surface area contributed by atoms with Gasteiger partial charge in [-0.1, -0.05) is 23.8 Å². The molecule has 3 amide bonds. The van der Waals surface area contributed by atoms with E-state index in [0.29, 0.717) is 24.3 Å². The fourth-order valence-corrected chi connectivity index (χ4v) is 3.54. The molecule has 0 saturated carbocycles. The predicted octanol–water partition coefficient (Wildman–Crippen LogP) is 2.21. The average Bonchev–Trinajstić information content (AvgIpc) is 3.04. The number of nitrogens with zero attached hydrogens (tertiary/aromatic N) is 1. The van der Waals surface area contributed by atoms with E-state index < -0.39 is 11.9 Å². The van der Waals surface area contributed by atoms with Crippen LogP contribution < -0.4 is 16.0 Å². The Morgan fingerprint density at radius 2 is 1.97 bits per heavy atom. The maximum Gasteiger partial charge on any atom is 0.254 e. The van der Waals surface area contributed by atoms with Crippen LogP contribution >= 0.6 is 0 Å². The minimum atomic E-state index is -0.912. The summed E-state index contributed by atoms with van der Waals surface area (Å²) in [6.45, 7) is 3.10. The molecule has 1 unspecified atom stereocenters. The first kappa shape index (κ1) is 18.7. The second-order valence-electron chi connectivity index (χ2n) is 7.19. The molecule has 0 bridgehead atoms. The number of fused-ring (bicyclic) bond motifs is 2. The summed E-state index contributed by atoms with van der Waals surface area (Å²) >= 11 is 0. The van der Waals surface area contributed by atoms with E-state index in [0.717, 1.165) is 10.9 Å². The van der Waals surface area contributed by atoms with Gasteiger partial charge in [-0.3, -0.25) is 14.4 Å². The van der Waals surface area contributed by atoms with Gasteiger partial charge in [0.25, 0.3) is 5.91 Å². The second-order valence-corrected chi connectivity index (χ2v) is 7.19. The molecule has 0 fully saturated rings. The van der Waals surface area contributed by atoms with E-state index in [9.17, 15) is 14.4 Å². The lowest BCUT2D eigenvalue weighted by Gasteiger charge is -2.14. The number of para-hydroxylation sites is 1. The Kier molecular flexibility index (Phi) is 5.03. The number of hydrogen-bond acceptors (Lipinski definition) is 3. The van der Waals surface area contributed by atoms with Gasteiger partial charge in [-0.15, -0.1) is 0 Å². The summed E-state index contributed by atoms with van der Waals surface area (Å²) < 4.78 is 2.08. The van der Waals surface area contributed by atoms with E-state index in [1.165, 1.54) is 5.56 Å². The first-order valence-electron chi connectivity index (χ1n) is 9.54. The fraction of sp³-hybridized carbons (Fsp3) is 0.227. The number of benzene rings is 2. The number of nitrogens with one attached hydrogen (secondary N) is 3. The molecule has 2 heterocycles. The lowest BCUT2D eigenvalue weighted by molar-refractivity contribution is -0.125. The molecule has 4 rings (SSSR count). The molecule has 0 aliphatic carbocycles. The van der Waals surface area contributed by atoms with Gasteiger partial charge in [0.2, 0.25) is 11.8 Å². The van der Waals surface area contributed by atoms with E-state index in [1.807, 2.05) is 12.3 Å². The van der Waals surface area contributed by atoms with Crippen molar-refractivity contribution in [1.82, 2.24) is 15.2 Å². The van der Waals surface area contributed by atoms with Crippen molar-refractivity contribution in [2.75, 3.05) is 11.9 Å². The number of rotatable bonds is 5. The number of aryl methyl sites for hydroxylation is 1. The van der Waals surface area contributed by atoms with E-state index >= 15 is 0 Å². The van der Waals surface area contributed by atoms with Crippen molar-refractivity contribution >= 4 is 34.3 Å². The summed E-state index contributed by atoms with van der Waals surface area (Å²) in [5.74, 6) is -1.06. The van der Waals surface area contributed by atoms with Crippen molar-refractivity contribution in [3.63, 3.8) is 0 Å². The smallest absolute Gasteiger partial charge is 0.254 e. The van der Waals surface area contributed by atoms with Gasteiger partial charge >= 0.3 is 0 Å². The highest BCUT2D eigenvalue weighted by atomic mass is 16.2. The molecule has 3 N–H and O–H groups in total. The summed E-state index contributed by atoms with van der Waals surface area (Å²) in [4.78, 5) is 37.0. The molecule has 148 valence electrons. The number of anilines is 1. The third-order valence-corrected chi connectivity index (χ3v) is 5.04. The van der Waals surface area contributed by atoms with Crippen LogP contribution in [0.15, 0.2) is 54.7 Å². The summed E-state index contributed by atoms with van der Waals surface area (Å²) in [6.07, 6.45) is 1.88. The highest BCUT2D eigenvalue weighted by Crippen LogP contribution is 2.19. The molecular formula is C22H22N4O3. The Morgan fingerprint density at radius 1 is 1.14 bits per heavy atom. The maximum absolute atomic E-state index is 12.4. The monoisotopic (exact) mass is 390 g/mol. The topological polar surface area (TPSA) is 92.2 Å². The van der Waals surface area contributed by atoms with Gasteiger partial charge in [-0.05, 0) is 42.6 Å². The van der Waals surface area contributed by atoms with Crippen molar-refractivity contribution < 1.29 is 14.4 Å². The number of hydrogen-bond donors (Lipinski definition) is 3. The van der Waals surface area contributed by atoms with Crippen molar-refractivity contribution in [3.05, 3.63) is 65.9 Å². The van der Waals surface area contributed by atoms with Crippen LogP contribution in [0.3, 0.4) is 0 Å². The zero-order valence-corrected chi connectivity index (χ0v) is 16.1. The quantitative estimate of drug-likeness (QED) is 0.624. The predicted molar refractivity (Wildman–Crippen MR) is 111 cm³/mol. The lowest BCUT2D eigenvalue weighted by Crippen LogP contribution is -2.44. The van der Waals surface area contributed by atoms with Crippen LogP contribution in [0.25, 0.3) is 10.9 Å². The fourth-order valence-electron chi connectivity index (χ4n) is 3.54. The van der Waals surface area contributed by atoms with Gasteiger partial charge < -0.3 is 20.5 Å². The third-order valence-electron chi connectivity index (χ3n) is 5.04. The Labute approximate surface area is 168 Å². The first-order valence-corrected chi connectivity index (χ1v) is 9.54. The van der Waals surface area contributed by atoms with Crippen molar-refractivity contribution in [3.8, 4) is 0 Å².